The molecule has 0 spiro atoms. The fourth-order valence-electron chi connectivity index (χ4n) is 2.65. The van der Waals surface area contributed by atoms with Gasteiger partial charge in [-0.1, -0.05) is 38.0 Å². The summed E-state index contributed by atoms with van der Waals surface area (Å²) in [6.07, 6.45) is 6.36. The van der Waals surface area contributed by atoms with Crippen LogP contribution in [0.25, 0.3) is 0 Å². The number of anilines is 3. The highest BCUT2D eigenvalue weighted by molar-refractivity contribution is 5.67. The minimum absolute atomic E-state index is 0.619. The maximum absolute atomic E-state index is 4.59. The molecule has 1 aliphatic heterocycles. The molecule has 1 aliphatic rings. The average molecular weight is 283 g/mol. The number of benzene rings is 1. The van der Waals surface area contributed by atoms with Crippen molar-refractivity contribution in [2.24, 2.45) is 0 Å². The summed E-state index contributed by atoms with van der Waals surface area (Å²) in [6, 6.07) is 8.46. The Hall–Kier alpha value is -2.17. The van der Waals surface area contributed by atoms with Gasteiger partial charge in [0, 0.05) is 18.8 Å². The van der Waals surface area contributed by atoms with E-state index in [4.69, 9.17) is 0 Å². The second kappa shape index (κ2) is 6.52. The molecule has 5 nitrogen and oxygen atoms in total. The molecule has 0 aliphatic carbocycles. The lowest BCUT2D eigenvalue weighted by Gasteiger charge is -2.18. The van der Waals surface area contributed by atoms with Gasteiger partial charge in [0.15, 0.2) is 5.82 Å². The topological polar surface area (TPSA) is 53.9 Å². The van der Waals surface area contributed by atoms with Gasteiger partial charge in [-0.3, -0.25) is 0 Å². The average Bonchev–Trinajstić information content (AvgIpc) is 2.96. The third-order valence-electron chi connectivity index (χ3n) is 3.77. The van der Waals surface area contributed by atoms with E-state index >= 15 is 0 Å². The third kappa shape index (κ3) is 3.12. The molecule has 1 aromatic carbocycles. The molecular weight excluding hydrogens is 262 g/mol. The molecule has 2 heterocycles. The van der Waals surface area contributed by atoms with Crippen LogP contribution in [0.15, 0.2) is 30.5 Å². The molecule has 0 unspecified atom stereocenters. The van der Waals surface area contributed by atoms with Gasteiger partial charge in [-0.15, -0.1) is 5.10 Å². The zero-order valence-corrected chi connectivity index (χ0v) is 12.4. The number of hydrogen-bond donors (Lipinski definition) is 1. The SMILES string of the molecule is CCCCCNc1nncc(N2CCc3ccccc32)n1. The lowest BCUT2D eigenvalue weighted by molar-refractivity contribution is 0.738. The third-order valence-corrected chi connectivity index (χ3v) is 3.77. The summed E-state index contributed by atoms with van der Waals surface area (Å²) < 4.78 is 0. The Kier molecular flexibility index (Phi) is 4.28. The molecule has 2 aromatic rings. The molecule has 3 rings (SSSR count). The van der Waals surface area contributed by atoms with Gasteiger partial charge in [-0.2, -0.15) is 10.1 Å². The van der Waals surface area contributed by atoms with Gasteiger partial charge >= 0.3 is 0 Å². The summed E-state index contributed by atoms with van der Waals surface area (Å²) in [5, 5.41) is 11.4. The molecular formula is C16H21N5. The fraction of sp³-hybridized carbons (Fsp3) is 0.438. The van der Waals surface area contributed by atoms with Crippen LogP contribution in [-0.2, 0) is 6.42 Å². The number of hydrogen-bond acceptors (Lipinski definition) is 5. The van der Waals surface area contributed by atoms with Gasteiger partial charge < -0.3 is 10.2 Å². The molecule has 0 atom stereocenters. The zero-order valence-electron chi connectivity index (χ0n) is 12.4. The van der Waals surface area contributed by atoms with Gasteiger partial charge in [-0.25, -0.2) is 0 Å². The number of para-hydroxylation sites is 1. The fourth-order valence-corrected chi connectivity index (χ4v) is 2.65. The molecule has 0 radical (unpaired) electrons. The van der Waals surface area contributed by atoms with E-state index < -0.39 is 0 Å². The molecule has 110 valence electrons. The highest BCUT2D eigenvalue weighted by Gasteiger charge is 2.21. The van der Waals surface area contributed by atoms with Gasteiger partial charge in [0.2, 0.25) is 5.95 Å². The largest absolute Gasteiger partial charge is 0.353 e. The van der Waals surface area contributed by atoms with Crippen LogP contribution in [0.1, 0.15) is 31.7 Å². The normalized spacial score (nSPS) is 13.3. The first-order valence-electron chi connectivity index (χ1n) is 7.67. The van der Waals surface area contributed by atoms with Crippen LogP contribution in [0.5, 0.6) is 0 Å². The van der Waals surface area contributed by atoms with E-state index in [0.717, 1.165) is 31.7 Å². The lowest BCUT2D eigenvalue weighted by Crippen LogP contribution is -2.17. The molecule has 5 heteroatoms. The van der Waals surface area contributed by atoms with Crippen molar-refractivity contribution in [2.45, 2.75) is 32.6 Å². The predicted octanol–water partition coefficient (Wildman–Crippen LogP) is 3.17. The number of unbranched alkanes of at least 4 members (excludes halogenated alkanes) is 2. The Bertz CT molecular complexity index is 599. The van der Waals surface area contributed by atoms with E-state index in [-0.39, 0.29) is 0 Å². The van der Waals surface area contributed by atoms with Crippen molar-refractivity contribution in [2.75, 3.05) is 23.3 Å². The Morgan fingerprint density at radius 2 is 2.14 bits per heavy atom. The van der Waals surface area contributed by atoms with Gasteiger partial charge in [-0.05, 0) is 24.5 Å². The maximum Gasteiger partial charge on any atom is 0.244 e. The number of nitrogens with zero attached hydrogens (tertiary/aromatic N) is 4. The lowest BCUT2D eigenvalue weighted by atomic mass is 10.2. The molecule has 1 N–H and O–H groups in total. The van der Waals surface area contributed by atoms with Gasteiger partial charge in [0.25, 0.3) is 0 Å². The molecule has 21 heavy (non-hydrogen) atoms. The van der Waals surface area contributed by atoms with Crippen molar-refractivity contribution in [1.29, 1.82) is 0 Å². The van der Waals surface area contributed by atoms with Crippen molar-refractivity contribution in [3.8, 4) is 0 Å². The van der Waals surface area contributed by atoms with Crippen molar-refractivity contribution < 1.29 is 0 Å². The van der Waals surface area contributed by atoms with Crippen molar-refractivity contribution in [3.05, 3.63) is 36.0 Å². The quantitative estimate of drug-likeness (QED) is 0.825. The second-order valence-electron chi connectivity index (χ2n) is 5.30. The minimum Gasteiger partial charge on any atom is -0.353 e. The molecule has 0 saturated heterocycles. The minimum atomic E-state index is 0.619. The van der Waals surface area contributed by atoms with Crippen LogP contribution in [0.4, 0.5) is 17.5 Å². The number of rotatable bonds is 6. The van der Waals surface area contributed by atoms with Gasteiger partial charge in [0.05, 0.1) is 6.20 Å². The van der Waals surface area contributed by atoms with Crippen LogP contribution in [0.3, 0.4) is 0 Å². The smallest absolute Gasteiger partial charge is 0.244 e. The van der Waals surface area contributed by atoms with E-state index in [2.05, 4.69) is 56.6 Å². The Balaban J connectivity index is 1.72. The number of fused-ring (bicyclic) bond motifs is 1. The van der Waals surface area contributed by atoms with Crippen LogP contribution in [0, 0.1) is 0 Å². The molecule has 0 amide bonds. The molecule has 0 saturated carbocycles. The number of aromatic nitrogens is 3. The summed E-state index contributed by atoms with van der Waals surface area (Å²) in [5.41, 5.74) is 2.60. The van der Waals surface area contributed by atoms with E-state index in [1.807, 2.05) is 0 Å². The van der Waals surface area contributed by atoms with Crippen LogP contribution in [0.2, 0.25) is 0 Å². The van der Waals surface area contributed by atoms with Crippen LogP contribution >= 0.6 is 0 Å². The monoisotopic (exact) mass is 283 g/mol. The highest BCUT2D eigenvalue weighted by Crippen LogP contribution is 2.32. The standard InChI is InChI=1S/C16H21N5/c1-2-3-6-10-17-16-19-15(12-18-20-16)21-11-9-13-7-4-5-8-14(13)21/h4-5,7-8,12H,2-3,6,9-11H2,1H3,(H,17,19,20). The van der Waals surface area contributed by atoms with Crippen molar-refractivity contribution in [1.82, 2.24) is 15.2 Å². The highest BCUT2D eigenvalue weighted by atomic mass is 15.3. The van der Waals surface area contributed by atoms with E-state index in [0.29, 0.717) is 5.95 Å². The maximum atomic E-state index is 4.59. The van der Waals surface area contributed by atoms with E-state index in [1.54, 1.807) is 6.20 Å². The first-order valence-corrected chi connectivity index (χ1v) is 7.67. The first kappa shape index (κ1) is 13.8. The van der Waals surface area contributed by atoms with E-state index in [1.165, 1.54) is 24.1 Å². The summed E-state index contributed by atoms with van der Waals surface area (Å²) in [6.45, 7) is 4.05. The predicted molar refractivity (Wildman–Crippen MR) is 85.0 cm³/mol. The molecule has 0 bridgehead atoms. The summed E-state index contributed by atoms with van der Waals surface area (Å²) >= 11 is 0. The first-order chi connectivity index (χ1) is 10.4. The molecule has 0 fully saturated rings. The summed E-state index contributed by atoms with van der Waals surface area (Å²) in [4.78, 5) is 6.80. The second-order valence-corrected chi connectivity index (χ2v) is 5.30. The van der Waals surface area contributed by atoms with Crippen molar-refractivity contribution >= 4 is 17.5 Å². The van der Waals surface area contributed by atoms with E-state index in [9.17, 15) is 0 Å². The van der Waals surface area contributed by atoms with Crippen LogP contribution < -0.4 is 10.2 Å². The summed E-state index contributed by atoms with van der Waals surface area (Å²) in [7, 11) is 0. The van der Waals surface area contributed by atoms with Crippen LogP contribution in [-0.4, -0.2) is 28.3 Å². The summed E-state index contributed by atoms with van der Waals surface area (Å²) in [5.74, 6) is 1.49. The number of nitrogens with one attached hydrogen (secondary N) is 1. The van der Waals surface area contributed by atoms with Crippen molar-refractivity contribution in [3.63, 3.8) is 0 Å². The zero-order chi connectivity index (χ0) is 14.5. The Labute approximate surface area is 125 Å². The molecule has 1 aromatic heterocycles. The van der Waals surface area contributed by atoms with Gasteiger partial charge in [0.1, 0.15) is 0 Å². The Morgan fingerprint density at radius 3 is 3.05 bits per heavy atom. The Morgan fingerprint density at radius 1 is 1.24 bits per heavy atom.